The smallest absolute Gasteiger partial charge is 0.303 e. The summed E-state index contributed by atoms with van der Waals surface area (Å²) >= 11 is 0. The number of amides is 1. The van der Waals surface area contributed by atoms with E-state index in [1.807, 2.05) is 27.7 Å². The molecule has 0 aromatic carbocycles. The number of hydrogen-bond acceptors (Lipinski definition) is 3. The summed E-state index contributed by atoms with van der Waals surface area (Å²) in [6, 6.07) is -0.519. The van der Waals surface area contributed by atoms with Crippen LogP contribution in [-0.2, 0) is 9.59 Å². The van der Waals surface area contributed by atoms with Gasteiger partial charge in [0.2, 0.25) is 5.91 Å². The second-order valence-corrected chi connectivity index (χ2v) is 5.75. The molecule has 0 radical (unpaired) electrons. The van der Waals surface area contributed by atoms with Gasteiger partial charge in [0.1, 0.15) is 0 Å². The van der Waals surface area contributed by atoms with Gasteiger partial charge in [-0.2, -0.15) is 0 Å². The molecule has 0 aliphatic heterocycles. The van der Waals surface area contributed by atoms with Gasteiger partial charge < -0.3 is 16.2 Å². The van der Waals surface area contributed by atoms with Crippen molar-refractivity contribution in [3.8, 4) is 0 Å². The number of aliphatic carboxylic acids is 1. The fourth-order valence-corrected chi connectivity index (χ4v) is 2.03. The van der Waals surface area contributed by atoms with Crippen LogP contribution in [0.3, 0.4) is 0 Å². The minimum Gasteiger partial charge on any atom is -0.481 e. The summed E-state index contributed by atoms with van der Waals surface area (Å²) in [7, 11) is 0. The third kappa shape index (κ3) is 7.82. The zero-order valence-electron chi connectivity index (χ0n) is 12.5. The lowest BCUT2D eigenvalue weighted by molar-refractivity contribution is -0.138. The maximum absolute atomic E-state index is 11.8. The summed E-state index contributed by atoms with van der Waals surface area (Å²) in [5.74, 6) is -0.516. The molecule has 0 fully saturated rings. The summed E-state index contributed by atoms with van der Waals surface area (Å²) in [5.41, 5.74) is 5.83. The lowest BCUT2D eigenvalue weighted by atomic mass is 9.93. The molecule has 5 heteroatoms. The molecule has 0 aromatic rings. The Hall–Kier alpha value is -1.10. The highest BCUT2D eigenvalue weighted by molar-refractivity contribution is 5.81. The van der Waals surface area contributed by atoms with Gasteiger partial charge in [-0.25, -0.2) is 0 Å². The second kappa shape index (κ2) is 8.91. The Balaban J connectivity index is 4.29. The van der Waals surface area contributed by atoms with E-state index in [4.69, 9.17) is 10.8 Å². The van der Waals surface area contributed by atoms with Crippen molar-refractivity contribution in [3.63, 3.8) is 0 Å². The van der Waals surface area contributed by atoms with Crippen molar-refractivity contribution in [1.82, 2.24) is 5.32 Å². The fraction of sp³-hybridized carbons (Fsp3) is 0.857. The molecule has 0 spiro atoms. The molecule has 0 saturated heterocycles. The summed E-state index contributed by atoms with van der Waals surface area (Å²) in [4.78, 5) is 22.6. The van der Waals surface area contributed by atoms with Crippen LogP contribution in [0.2, 0.25) is 0 Å². The predicted octanol–water partition coefficient (Wildman–Crippen LogP) is 1.61. The van der Waals surface area contributed by atoms with Crippen molar-refractivity contribution < 1.29 is 14.7 Å². The van der Waals surface area contributed by atoms with Crippen LogP contribution in [0.5, 0.6) is 0 Å². The van der Waals surface area contributed by atoms with E-state index < -0.39 is 12.0 Å². The monoisotopic (exact) mass is 272 g/mol. The summed E-state index contributed by atoms with van der Waals surface area (Å²) in [6.07, 6.45) is 1.71. The molecule has 0 saturated carbocycles. The topological polar surface area (TPSA) is 92.4 Å². The van der Waals surface area contributed by atoms with E-state index in [0.29, 0.717) is 12.5 Å². The zero-order chi connectivity index (χ0) is 15.0. The van der Waals surface area contributed by atoms with Crippen molar-refractivity contribution in [2.24, 2.45) is 23.5 Å². The Morgan fingerprint density at radius 2 is 1.84 bits per heavy atom. The standard InChI is InChI=1S/C14H28N2O3/c1-5-10(4)13(15)14(19)16-8-11(6-9(2)3)7-12(17)18/h9-11,13H,5-8,15H2,1-4H3,(H,16,19)(H,17,18)/t10-,11-,13+/m0/s1. The van der Waals surface area contributed by atoms with Gasteiger partial charge in [-0.05, 0) is 24.2 Å². The highest BCUT2D eigenvalue weighted by Gasteiger charge is 2.21. The van der Waals surface area contributed by atoms with Gasteiger partial charge in [0, 0.05) is 13.0 Å². The summed E-state index contributed by atoms with van der Waals surface area (Å²) in [6.45, 7) is 8.40. The lowest BCUT2D eigenvalue weighted by Crippen LogP contribution is -2.46. The first-order valence-electron chi connectivity index (χ1n) is 7.02. The molecule has 0 aliphatic rings. The van der Waals surface area contributed by atoms with Crippen LogP contribution in [-0.4, -0.2) is 29.6 Å². The Bertz CT molecular complexity index is 292. The highest BCUT2D eigenvalue weighted by Crippen LogP contribution is 2.15. The third-order valence-electron chi connectivity index (χ3n) is 3.39. The second-order valence-electron chi connectivity index (χ2n) is 5.75. The van der Waals surface area contributed by atoms with Gasteiger partial charge >= 0.3 is 5.97 Å². The molecular weight excluding hydrogens is 244 g/mol. The Morgan fingerprint density at radius 1 is 1.26 bits per heavy atom. The average molecular weight is 272 g/mol. The maximum atomic E-state index is 11.8. The van der Waals surface area contributed by atoms with Crippen molar-refractivity contribution in [2.75, 3.05) is 6.54 Å². The van der Waals surface area contributed by atoms with Gasteiger partial charge in [-0.15, -0.1) is 0 Å². The lowest BCUT2D eigenvalue weighted by Gasteiger charge is -2.21. The molecule has 0 bridgehead atoms. The number of hydrogen-bond donors (Lipinski definition) is 3. The van der Waals surface area contributed by atoms with Crippen LogP contribution in [0.15, 0.2) is 0 Å². The number of rotatable bonds is 9. The van der Waals surface area contributed by atoms with Crippen LogP contribution >= 0.6 is 0 Å². The molecule has 0 aliphatic carbocycles. The first-order chi connectivity index (χ1) is 8.77. The summed E-state index contributed by atoms with van der Waals surface area (Å²) < 4.78 is 0. The van der Waals surface area contributed by atoms with Crippen molar-refractivity contribution >= 4 is 11.9 Å². The van der Waals surface area contributed by atoms with Crippen molar-refractivity contribution in [1.29, 1.82) is 0 Å². The Kier molecular flexibility index (Phi) is 8.39. The van der Waals surface area contributed by atoms with Gasteiger partial charge in [0.05, 0.1) is 6.04 Å². The molecule has 0 aromatic heterocycles. The number of carboxylic acid groups (broad SMARTS) is 1. The molecule has 3 atom stereocenters. The number of carboxylic acids is 1. The van der Waals surface area contributed by atoms with Gasteiger partial charge in [0.15, 0.2) is 0 Å². The zero-order valence-corrected chi connectivity index (χ0v) is 12.5. The quantitative estimate of drug-likeness (QED) is 0.594. The third-order valence-corrected chi connectivity index (χ3v) is 3.39. The normalized spacial score (nSPS) is 15.9. The van der Waals surface area contributed by atoms with Crippen molar-refractivity contribution in [2.45, 2.75) is 53.0 Å². The molecule has 112 valence electrons. The van der Waals surface area contributed by atoms with E-state index in [2.05, 4.69) is 5.32 Å². The van der Waals surface area contributed by atoms with E-state index >= 15 is 0 Å². The van der Waals surface area contributed by atoms with Crippen LogP contribution < -0.4 is 11.1 Å². The molecular formula is C14H28N2O3. The largest absolute Gasteiger partial charge is 0.481 e. The Morgan fingerprint density at radius 3 is 2.26 bits per heavy atom. The van der Waals surface area contributed by atoms with E-state index in [-0.39, 0.29) is 24.2 Å². The molecule has 5 nitrogen and oxygen atoms in total. The minimum absolute atomic E-state index is 0.0365. The SMILES string of the molecule is CC[C@H](C)[C@@H](N)C(=O)NC[C@H](CC(=O)O)CC(C)C. The molecule has 0 unspecified atom stereocenters. The fourth-order valence-electron chi connectivity index (χ4n) is 2.03. The molecule has 0 rings (SSSR count). The Labute approximate surface area is 115 Å². The van der Waals surface area contributed by atoms with E-state index in [0.717, 1.165) is 12.8 Å². The van der Waals surface area contributed by atoms with Gasteiger partial charge in [-0.3, -0.25) is 9.59 Å². The molecule has 4 N–H and O–H groups in total. The highest BCUT2D eigenvalue weighted by atomic mass is 16.4. The number of carbonyl (C=O) groups excluding carboxylic acids is 1. The number of nitrogens with two attached hydrogens (primary N) is 1. The molecule has 19 heavy (non-hydrogen) atoms. The average Bonchev–Trinajstić information content (AvgIpc) is 2.32. The first kappa shape index (κ1) is 17.9. The van der Waals surface area contributed by atoms with Gasteiger partial charge in [0.25, 0.3) is 0 Å². The number of nitrogens with one attached hydrogen (secondary N) is 1. The van der Waals surface area contributed by atoms with Crippen LogP contribution in [0, 0.1) is 17.8 Å². The summed E-state index contributed by atoms with van der Waals surface area (Å²) in [5, 5.41) is 11.6. The predicted molar refractivity (Wildman–Crippen MR) is 75.6 cm³/mol. The molecule has 1 amide bonds. The van der Waals surface area contributed by atoms with Crippen LogP contribution in [0.25, 0.3) is 0 Å². The van der Waals surface area contributed by atoms with Gasteiger partial charge in [-0.1, -0.05) is 34.1 Å². The first-order valence-corrected chi connectivity index (χ1v) is 7.02. The van der Waals surface area contributed by atoms with Crippen LogP contribution in [0.4, 0.5) is 0 Å². The van der Waals surface area contributed by atoms with E-state index in [1.165, 1.54) is 0 Å². The van der Waals surface area contributed by atoms with E-state index in [9.17, 15) is 9.59 Å². The molecule has 0 heterocycles. The minimum atomic E-state index is -0.828. The number of carbonyl (C=O) groups is 2. The van der Waals surface area contributed by atoms with Crippen LogP contribution in [0.1, 0.15) is 47.0 Å². The van der Waals surface area contributed by atoms with Crippen molar-refractivity contribution in [3.05, 3.63) is 0 Å². The maximum Gasteiger partial charge on any atom is 0.303 e. The van der Waals surface area contributed by atoms with E-state index in [1.54, 1.807) is 0 Å².